The van der Waals surface area contributed by atoms with Crippen LogP contribution in [0.25, 0.3) is 0 Å². The van der Waals surface area contributed by atoms with Gasteiger partial charge in [0, 0.05) is 6.07 Å². The second-order valence-corrected chi connectivity index (χ2v) is 5.29. The van der Waals surface area contributed by atoms with Crippen LogP contribution in [-0.4, -0.2) is 29.8 Å². The smallest absolute Gasteiger partial charge is 0.258 e. The Bertz CT molecular complexity index is 458. The Hall–Kier alpha value is -1.62. The first-order valence-corrected chi connectivity index (χ1v) is 6.94. The molecule has 1 aliphatic carbocycles. The van der Waals surface area contributed by atoms with Gasteiger partial charge in [0.25, 0.3) is 5.91 Å². The summed E-state index contributed by atoms with van der Waals surface area (Å²) < 4.78 is 18.2. The van der Waals surface area contributed by atoms with Crippen molar-refractivity contribution in [3.8, 4) is 5.75 Å². The summed E-state index contributed by atoms with van der Waals surface area (Å²) in [6.07, 6.45) is 4.72. The van der Waals surface area contributed by atoms with E-state index in [1.807, 2.05) is 0 Å². The maximum Gasteiger partial charge on any atom is 0.258 e. The van der Waals surface area contributed by atoms with Gasteiger partial charge in [-0.1, -0.05) is 25.3 Å². The molecule has 0 unspecified atom stereocenters. The maximum absolute atomic E-state index is 13.0. The lowest BCUT2D eigenvalue weighted by molar-refractivity contribution is -0.126. The van der Waals surface area contributed by atoms with E-state index in [9.17, 15) is 14.3 Å². The number of hydrogen-bond donors (Lipinski definition) is 2. The van der Waals surface area contributed by atoms with E-state index in [1.54, 1.807) is 6.07 Å². The molecule has 1 amide bonds. The van der Waals surface area contributed by atoms with Crippen LogP contribution in [0.1, 0.15) is 32.1 Å². The number of aliphatic hydroxyl groups excluding tert-OH is 1. The number of carbonyl (C=O) groups excluding carboxylic acids is 1. The molecule has 0 aromatic heterocycles. The number of benzene rings is 1. The van der Waals surface area contributed by atoms with Gasteiger partial charge < -0.3 is 15.2 Å². The van der Waals surface area contributed by atoms with Crippen molar-refractivity contribution in [2.75, 3.05) is 13.2 Å². The van der Waals surface area contributed by atoms with Crippen molar-refractivity contribution in [3.05, 3.63) is 30.1 Å². The lowest BCUT2D eigenvalue weighted by atomic mass is 9.82. The van der Waals surface area contributed by atoms with Gasteiger partial charge in [-0.25, -0.2) is 4.39 Å². The van der Waals surface area contributed by atoms with Crippen LogP contribution in [0.4, 0.5) is 4.39 Å². The third-order valence-electron chi connectivity index (χ3n) is 3.68. The van der Waals surface area contributed by atoms with Crippen molar-refractivity contribution in [3.63, 3.8) is 0 Å². The summed E-state index contributed by atoms with van der Waals surface area (Å²) >= 11 is 0. The quantitative estimate of drug-likeness (QED) is 0.868. The number of halogens is 1. The number of aliphatic hydroxyl groups is 1. The molecule has 0 saturated heterocycles. The second kappa shape index (κ2) is 6.70. The van der Waals surface area contributed by atoms with Gasteiger partial charge in [-0.15, -0.1) is 0 Å². The van der Waals surface area contributed by atoms with Gasteiger partial charge in [0.05, 0.1) is 12.1 Å². The Kier molecular flexibility index (Phi) is 4.95. The fourth-order valence-corrected chi connectivity index (χ4v) is 2.59. The van der Waals surface area contributed by atoms with Crippen molar-refractivity contribution in [1.82, 2.24) is 5.32 Å². The van der Waals surface area contributed by atoms with Gasteiger partial charge >= 0.3 is 0 Å². The molecule has 110 valence electrons. The van der Waals surface area contributed by atoms with Crippen LogP contribution in [0.3, 0.4) is 0 Å². The summed E-state index contributed by atoms with van der Waals surface area (Å²) in [5.41, 5.74) is -0.513. The highest BCUT2D eigenvalue weighted by atomic mass is 19.1. The molecule has 5 heteroatoms. The van der Waals surface area contributed by atoms with E-state index in [4.69, 9.17) is 4.74 Å². The van der Waals surface area contributed by atoms with Crippen LogP contribution in [0.15, 0.2) is 24.3 Å². The van der Waals surface area contributed by atoms with Crippen LogP contribution in [0, 0.1) is 5.82 Å². The van der Waals surface area contributed by atoms with Crippen molar-refractivity contribution < 1.29 is 19.0 Å². The zero-order valence-corrected chi connectivity index (χ0v) is 11.4. The molecule has 0 spiro atoms. The first-order chi connectivity index (χ1) is 9.63. The van der Waals surface area contributed by atoms with E-state index >= 15 is 0 Å². The number of carbonyl (C=O) groups is 1. The van der Waals surface area contributed by atoms with E-state index < -0.39 is 11.4 Å². The Morgan fingerprint density at radius 3 is 2.75 bits per heavy atom. The minimum Gasteiger partial charge on any atom is -0.484 e. The average Bonchev–Trinajstić information content (AvgIpc) is 2.46. The summed E-state index contributed by atoms with van der Waals surface area (Å²) in [5.74, 6) is -0.367. The molecule has 4 nitrogen and oxygen atoms in total. The monoisotopic (exact) mass is 281 g/mol. The van der Waals surface area contributed by atoms with Crippen LogP contribution in [-0.2, 0) is 4.79 Å². The SMILES string of the molecule is O=C(COc1cccc(F)c1)NC1(CO)CCCCC1. The normalized spacial score (nSPS) is 17.5. The van der Waals surface area contributed by atoms with Crippen molar-refractivity contribution in [2.24, 2.45) is 0 Å². The van der Waals surface area contributed by atoms with Crippen LogP contribution < -0.4 is 10.1 Å². The number of nitrogens with one attached hydrogen (secondary N) is 1. The maximum atomic E-state index is 13.0. The highest BCUT2D eigenvalue weighted by Gasteiger charge is 2.32. The largest absolute Gasteiger partial charge is 0.484 e. The predicted octanol–water partition coefficient (Wildman–Crippen LogP) is 2.02. The lowest BCUT2D eigenvalue weighted by Gasteiger charge is -2.36. The van der Waals surface area contributed by atoms with Crippen molar-refractivity contribution in [1.29, 1.82) is 0 Å². The third kappa shape index (κ3) is 3.93. The van der Waals surface area contributed by atoms with Crippen LogP contribution in [0.2, 0.25) is 0 Å². The van der Waals surface area contributed by atoms with E-state index in [0.29, 0.717) is 5.75 Å². The van der Waals surface area contributed by atoms with Crippen LogP contribution in [0.5, 0.6) is 5.75 Å². The molecule has 0 radical (unpaired) electrons. The molecule has 2 rings (SSSR count). The first-order valence-electron chi connectivity index (χ1n) is 6.94. The molecule has 0 atom stereocenters. The standard InChI is InChI=1S/C15H20FNO3/c16-12-5-4-6-13(9-12)20-10-14(19)17-15(11-18)7-2-1-3-8-15/h4-6,9,18H,1-3,7-8,10-11H2,(H,17,19). The van der Waals surface area contributed by atoms with E-state index in [1.165, 1.54) is 18.2 Å². The molecule has 0 aliphatic heterocycles. The Labute approximate surface area is 117 Å². The minimum atomic E-state index is -0.513. The Morgan fingerprint density at radius 1 is 1.35 bits per heavy atom. The molecular formula is C15H20FNO3. The molecule has 1 fully saturated rings. The van der Waals surface area contributed by atoms with E-state index in [0.717, 1.165) is 32.1 Å². The fraction of sp³-hybridized carbons (Fsp3) is 0.533. The van der Waals surface area contributed by atoms with Gasteiger partial charge in [-0.05, 0) is 25.0 Å². The van der Waals surface area contributed by atoms with Gasteiger partial charge in [0.2, 0.25) is 0 Å². The summed E-state index contributed by atoms with van der Waals surface area (Å²) in [6, 6.07) is 5.67. The van der Waals surface area contributed by atoms with E-state index in [2.05, 4.69) is 5.32 Å². The topological polar surface area (TPSA) is 58.6 Å². The van der Waals surface area contributed by atoms with E-state index in [-0.39, 0.29) is 19.1 Å². The summed E-state index contributed by atoms with van der Waals surface area (Å²) in [7, 11) is 0. The molecule has 20 heavy (non-hydrogen) atoms. The molecule has 1 aromatic rings. The highest BCUT2D eigenvalue weighted by Crippen LogP contribution is 2.27. The molecule has 0 bridgehead atoms. The fourth-order valence-electron chi connectivity index (χ4n) is 2.59. The predicted molar refractivity (Wildman–Crippen MR) is 72.9 cm³/mol. The zero-order chi connectivity index (χ0) is 14.4. The van der Waals surface area contributed by atoms with Gasteiger partial charge in [-0.3, -0.25) is 4.79 Å². The summed E-state index contributed by atoms with van der Waals surface area (Å²) in [5, 5.41) is 12.4. The molecule has 2 N–H and O–H groups in total. The number of rotatable bonds is 5. The summed E-state index contributed by atoms with van der Waals surface area (Å²) in [6.45, 7) is -0.232. The lowest BCUT2D eigenvalue weighted by Crippen LogP contribution is -2.53. The van der Waals surface area contributed by atoms with Crippen molar-refractivity contribution in [2.45, 2.75) is 37.6 Å². The Morgan fingerprint density at radius 2 is 2.10 bits per heavy atom. The van der Waals surface area contributed by atoms with Gasteiger partial charge in [0.15, 0.2) is 6.61 Å². The average molecular weight is 281 g/mol. The molecule has 1 saturated carbocycles. The molecule has 1 aromatic carbocycles. The molecule has 0 heterocycles. The van der Waals surface area contributed by atoms with Gasteiger partial charge in [0.1, 0.15) is 11.6 Å². The van der Waals surface area contributed by atoms with Crippen LogP contribution >= 0.6 is 0 Å². The van der Waals surface area contributed by atoms with Gasteiger partial charge in [-0.2, -0.15) is 0 Å². The Balaban J connectivity index is 1.85. The second-order valence-electron chi connectivity index (χ2n) is 5.29. The number of hydrogen-bond acceptors (Lipinski definition) is 3. The molecular weight excluding hydrogens is 261 g/mol. The zero-order valence-electron chi connectivity index (χ0n) is 11.4. The first kappa shape index (κ1) is 14.8. The summed E-state index contributed by atoms with van der Waals surface area (Å²) in [4.78, 5) is 11.9. The minimum absolute atomic E-state index is 0.0568. The van der Waals surface area contributed by atoms with Crippen molar-refractivity contribution >= 4 is 5.91 Å². The number of ether oxygens (including phenoxy) is 1. The third-order valence-corrected chi connectivity index (χ3v) is 3.68. The molecule has 1 aliphatic rings. The number of amides is 1. The highest BCUT2D eigenvalue weighted by molar-refractivity contribution is 5.78.